The Kier molecular flexibility index (Phi) is 3.05. The van der Waals surface area contributed by atoms with Gasteiger partial charge in [-0.15, -0.1) is 11.6 Å². The SMILES string of the molecule is COc1ccc(-c2nc(CCl)no2)c(F)c1. The van der Waals surface area contributed by atoms with Gasteiger partial charge in [-0.2, -0.15) is 4.98 Å². The molecule has 0 aliphatic carbocycles. The fourth-order valence-corrected chi connectivity index (χ4v) is 1.32. The van der Waals surface area contributed by atoms with Crippen LogP contribution in [0.25, 0.3) is 11.5 Å². The van der Waals surface area contributed by atoms with Crippen molar-refractivity contribution in [3.05, 3.63) is 29.8 Å². The van der Waals surface area contributed by atoms with Crippen LogP contribution in [0.15, 0.2) is 22.7 Å². The molecular formula is C10H8ClFN2O2. The Morgan fingerprint density at radius 1 is 1.50 bits per heavy atom. The van der Waals surface area contributed by atoms with Gasteiger partial charge in [0, 0.05) is 6.07 Å². The largest absolute Gasteiger partial charge is 0.497 e. The predicted molar refractivity (Wildman–Crippen MR) is 55.8 cm³/mol. The average Bonchev–Trinajstić information content (AvgIpc) is 2.77. The van der Waals surface area contributed by atoms with E-state index in [4.69, 9.17) is 20.9 Å². The lowest BCUT2D eigenvalue weighted by molar-refractivity contribution is 0.409. The molecule has 0 N–H and O–H groups in total. The third-order valence-corrected chi connectivity index (χ3v) is 2.23. The van der Waals surface area contributed by atoms with Gasteiger partial charge < -0.3 is 9.26 Å². The van der Waals surface area contributed by atoms with E-state index in [1.807, 2.05) is 0 Å². The van der Waals surface area contributed by atoms with E-state index in [0.29, 0.717) is 11.6 Å². The quantitative estimate of drug-likeness (QED) is 0.777. The predicted octanol–water partition coefficient (Wildman–Crippen LogP) is 2.62. The lowest BCUT2D eigenvalue weighted by Gasteiger charge is -2.01. The Balaban J connectivity index is 2.40. The lowest BCUT2D eigenvalue weighted by Crippen LogP contribution is -1.88. The van der Waals surface area contributed by atoms with Gasteiger partial charge in [0.1, 0.15) is 11.6 Å². The molecule has 0 radical (unpaired) electrons. The summed E-state index contributed by atoms with van der Waals surface area (Å²) in [5.41, 5.74) is 0.227. The van der Waals surface area contributed by atoms with E-state index in [1.54, 1.807) is 6.07 Å². The summed E-state index contributed by atoms with van der Waals surface area (Å²) in [6.45, 7) is 0. The minimum atomic E-state index is -0.482. The highest BCUT2D eigenvalue weighted by Crippen LogP contribution is 2.24. The third-order valence-electron chi connectivity index (χ3n) is 1.99. The molecule has 2 rings (SSSR count). The number of halogens is 2. The zero-order valence-electron chi connectivity index (χ0n) is 8.41. The van der Waals surface area contributed by atoms with E-state index >= 15 is 0 Å². The van der Waals surface area contributed by atoms with Crippen LogP contribution in [0.2, 0.25) is 0 Å². The number of benzene rings is 1. The lowest BCUT2D eigenvalue weighted by atomic mass is 10.2. The van der Waals surface area contributed by atoms with Crippen LogP contribution in [0, 0.1) is 5.82 Å². The average molecular weight is 243 g/mol. The highest BCUT2D eigenvalue weighted by Gasteiger charge is 2.13. The monoisotopic (exact) mass is 242 g/mol. The van der Waals surface area contributed by atoms with Gasteiger partial charge in [-0.3, -0.25) is 0 Å². The van der Waals surface area contributed by atoms with Crippen LogP contribution in [0.5, 0.6) is 5.75 Å². The number of ether oxygens (including phenoxy) is 1. The highest BCUT2D eigenvalue weighted by atomic mass is 35.5. The molecule has 0 aliphatic heterocycles. The van der Waals surface area contributed by atoms with Crippen LogP contribution in [-0.4, -0.2) is 17.3 Å². The second-order valence-electron chi connectivity index (χ2n) is 3.00. The van der Waals surface area contributed by atoms with E-state index in [1.165, 1.54) is 19.2 Å². The van der Waals surface area contributed by atoms with Gasteiger partial charge in [-0.1, -0.05) is 5.16 Å². The van der Waals surface area contributed by atoms with Crippen molar-refractivity contribution in [2.75, 3.05) is 7.11 Å². The summed E-state index contributed by atoms with van der Waals surface area (Å²) in [4.78, 5) is 3.92. The standard InChI is InChI=1S/C10H8ClFN2O2/c1-15-6-2-3-7(8(12)4-6)10-13-9(5-11)14-16-10/h2-4H,5H2,1H3. The Morgan fingerprint density at radius 3 is 2.88 bits per heavy atom. The van der Waals surface area contributed by atoms with Crippen molar-refractivity contribution in [2.45, 2.75) is 5.88 Å². The number of aromatic nitrogens is 2. The van der Waals surface area contributed by atoms with Crippen molar-refractivity contribution in [3.63, 3.8) is 0 Å². The van der Waals surface area contributed by atoms with E-state index < -0.39 is 5.82 Å². The number of rotatable bonds is 3. The smallest absolute Gasteiger partial charge is 0.260 e. The summed E-state index contributed by atoms with van der Waals surface area (Å²) in [6, 6.07) is 4.38. The maximum atomic E-state index is 13.6. The molecule has 1 heterocycles. The molecule has 0 saturated heterocycles. The maximum absolute atomic E-state index is 13.6. The summed E-state index contributed by atoms with van der Waals surface area (Å²) in [6.07, 6.45) is 0. The van der Waals surface area contributed by atoms with Crippen molar-refractivity contribution in [1.82, 2.24) is 10.1 Å². The van der Waals surface area contributed by atoms with Gasteiger partial charge in [0.2, 0.25) is 0 Å². The molecule has 0 fully saturated rings. The van der Waals surface area contributed by atoms with Crippen LogP contribution >= 0.6 is 11.6 Å². The molecule has 0 saturated carbocycles. The molecule has 2 aromatic rings. The van der Waals surface area contributed by atoms with Crippen LogP contribution in [-0.2, 0) is 5.88 Å². The van der Waals surface area contributed by atoms with Gasteiger partial charge in [-0.05, 0) is 12.1 Å². The Hall–Kier alpha value is -1.62. The van der Waals surface area contributed by atoms with Crippen molar-refractivity contribution >= 4 is 11.6 Å². The Morgan fingerprint density at radius 2 is 2.31 bits per heavy atom. The molecule has 0 atom stereocenters. The van der Waals surface area contributed by atoms with Crippen LogP contribution in [0.3, 0.4) is 0 Å². The Bertz CT molecular complexity index is 501. The molecule has 0 bridgehead atoms. The second kappa shape index (κ2) is 4.49. The molecule has 4 nitrogen and oxygen atoms in total. The first-order valence-electron chi connectivity index (χ1n) is 4.47. The second-order valence-corrected chi connectivity index (χ2v) is 3.26. The van der Waals surface area contributed by atoms with Crippen molar-refractivity contribution in [2.24, 2.45) is 0 Å². The minimum Gasteiger partial charge on any atom is -0.497 e. The summed E-state index contributed by atoms with van der Waals surface area (Å²) < 4.78 is 23.3. The highest BCUT2D eigenvalue weighted by molar-refractivity contribution is 6.16. The minimum absolute atomic E-state index is 0.107. The third kappa shape index (κ3) is 1.99. The first-order chi connectivity index (χ1) is 7.74. The van der Waals surface area contributed by atoms with E-state index in [2.05, 4.69) is 10.1 Å². The Labute approximate surface area is 96.0 Å². The summed E-state index contributed by atoms with van der Waals surface area (Å²) in [5.74, 6) is 0.506. The first-order valence-corrected chi connectivity index (χ1v) is 5.00. The van der Waals surface area contributed by atoms with Crippen LogP contribution in [0.4, 0.5) is 4.39 Å². The molecule has 1 aromatic heterocycles. The molecular weight excluding hydrogens is 235 g/mol. The van der Waals surface area contributed by atoms with Gasteiger partial charge in [-0.25, -0.2) is 4.39 Å². The summed E-state index contributed by atoms with van der Waals surface area (Å²) in [5, 5.41) is 3.58. The molecule has 84 valence electrons. The van der Waals surface area contributed by atoms with E-state index in [0.717, 1.165) is 0 Å². The molecule has 6 heteroatoms. The molecule has 1 aromatic carbocycles. The van der Waals surface area contributed by atoms with Crippen LogP contribution < -0.4 is 4.74 Å². The summed E-state index contributed by atoms with van der Waals surface area (Å²) in [7, 11) is 1.47. The van der Waals surface area contributed by atoms with E-state index in [-0.39, 0.29) is 17.3 Å². The summed E-state index contributed by atoms with van der Waals surface area (Å²) >= 11 is 5.52. The number of alkyl halides is 1. The van der Waals surface area contributed by atoms with Crippen molar-refractivity contribution in [3.8, 4) is 17.2 Å². The maximum Gasteiger partial charge on any atom is 0.260 e. The van der Waals surface area contributed by atoms with Gasteiger partial charge >= 0.3 is 0 Å². The number of nitrogens with zero attached hydrogens (tertiary/aromatic N) is 2. The number of hydrogen-bond donors (Lipinski definition) is 0. The normalized spacial score (nSPS) is 10.4. The molecule has 0 aliphatic rings. The van der Waals surface area contributed by atoms with Crippen molar-refractivity contribution < 1.29 is 13.7 Å². The zero-order valence-corrected chi connectivity index (χ0v) is 9.16. The first kappa shape index (κ1) is 10.9. The van der Waals surface area contributed by atoms with E-state index in [9.17, 15) is 4.39 Å². The fourth-order valence-electron chi connectivity index (χ4n) is 1.21. The number of methoxy groups -OCH3 is 1. The number of hydrogen-bond acceptors (Lipinski definition) is 4. The zero-order chi connectivity index (χ0) is 11.5. The van der Waals surface area contributed by atoms with Crippen LogP contribution in [0.1, 0.15) is 5.82 Å². The van der Waals surface area contributed by atoms with Gasteiger partial charge in [0.05, 0.1) is 18.6 Å². The molecule has 0 spiro atoms. The van der Waals surface area contributed by atoms with Crippen molar-refractivity contribution in [1.29, 1.82) is 0 Å². The molecule has 16 heavy (non-hydrogen) atoms. The fraction of sp³-hybridized carbons (Fsp3) is 0.200. The molecule has 0 unspecified atom stereocenters. The van der Waals surface area contributed by atoms with Gasteiger partial charge in [0.25, 0.3) is 5.89 Å². The molecule has 0 amide bonds. The topological polar surface area (TPSA) is 48.2 Å². The van der Waals surface area contributed by atoms with Gasteiger partial charge in [0.15, 0.2) is 5.82 Å².